The minimum atomic E-state index is -4.52. The Kier molecular flexibility index (Phi) is 7.76. The van der Waals surface area contributed by atoms with Crippen molar-refractivity contribution in [2.24, 2.45) is 5.10 Å². The number of thioether (sulfide) groups is 1. The predicted molar refractivity (Wildman–Crippen MR) is 134 cm³/mol. The van der Waals surface area contributed by atoms with Crippen molar-refractivity contribution >= 4 is 35.5 Å². The quantitative estimate of drug-likeness (QED) is 0.177. The van der Waals surface area contributed by atoms with Crippen LogP contribution in [0.15, 0.2) is 83.1 Å². The number of aryl methyl sites for hydroxylation is 1. The van der Waals surface area contributed by atoms with Crippen LogP contribution in [-0.2, 0) is 11.0 Å². The number of halogens is 4. The first-order valence-corrected chi connectivity index (χ1v) is 12.0. The zero-order valence-corrected chi connectivity index (χ0v) is 20.4. The lowest BCUT2D eigenvalue weighted by molar-refractivity contribution is -0.137. The molecule has 0 spiro atoms. The molecule has 3 aromatic carbocycles. The molecule has 1 aromatic heterocycles. The number of benzene rings is 3. The molecule has 0 unspecified atom stereocenters. The average molecular weight is 530 g/mol. The van der Waals surface area contributed by atoms with E-state index in [4.69, 9.17) is 11.6 Å². The largest absolute Gasteiger partial charge is 0.417 e. The van der Waals surface area contributed by atoms with E-state index in [0.717, 1.165) is 40.9 Å². The number of hydrogen-bond acceptors (Lipinski definition) is 5. The lowest BCUT2D eigenvalue weighted by atomic mass is 10.1. The molecular formula is C25H19ClF3N5OS. The second-order valence-electron chi connectivity index (χ2n) is 7.65. The van der Waals surface area contributed by atoms with E-state index in [1.807, 2.05) is 47.9 Å². The summed E-state index contributed by atoms with van der Waals surface area (Å²) in [5, 5.41) is 13.3. The maximum Gasteiger partial charge on any atom is 0.417 e. The zero-order chi connectivity index (χ0) is 25.7. The molecule has 0 atom stereocenters. The van der Waals surface area contributed by atoms with E-state index in [-0.39, 0.29) is 11.3 Å². The molecule has 0 aliphatic rings. The Balaban J connectivity index is 1.51. The van der Waals surface area contributed by atoms with Crippen LogP contribution in [0.1, 0.15) is 16.7 Å². The second-order valence-corrected chi connectivity index (χ2v) is 9.03. The van der Waals surface area contributed by atoms with E-state index in [1.54, 1.807) is 12.1 Å². The van der Waals surface area contributed by atoms with Crippen LogP contribution in [0.5, 0.6) is 0 Å². The first-order chi connectivity index (χ1) is 17.2. The minimum absolute atomic E-state index is 0.0805. The molecule has 1 N–H and O–H groups in total. The third-order valence-corrected chi connectivity index (χ3v) is 6.20. The minimum Gasteiger partial charge on any atom is -0.272 e. The van der Waals surface area contributed by atoms with E-state index in [1.165, 1.54) is 18.2 Å². The Labute approximate surface area is 214 Å². The Morgan fingerprint density at radius 3 is 2.44 bits per heavy atom. The summed E-state index contributed by atoms with van der Waals surface area (Å²) in [7, 11) is 0. The Hall–Kier alpha value is -3.63. The van der Waals surface area contributed by atoms with Gasteiger partial charge in [0.25, 0.3) is 5.91 Å². The van der Waals surface area contributed by atoms with E-state index in [2.05, 4.69) is 20.7 Å². The van der Waals surface area contributed by atoms with Crippen molar-refractivity contribution in [2.75, 3.05) is 5.75 Å². The smallest absolute Gasteiger partial charge is 0.272 e. The summed E-state index contributed by atoms with van der Waals surface area (Å²) in [6, 6.07) is 19.9. The Bertz CT molecular complexity index is 1390. The van der Waals surface area contributed by atoms with Gasteiger partial charge in [-0.05, 0) is 49.4 Å². The highest BCUT2D eigenvalue weighted by Gasteiger charge is 2.32. The maximum absolute atomic E-state index is 13.1. The van der Waals surface area contributed by atoms with Gasteiger partial charge in [-0.2, -0.15) is 18.3 Å². The third-order valence-electron chi connectivity index (χ3n) is 5.02. The summed E-state index contributed by atoms with van der Waals surface area (Å²) < 4.78 is 41.2. The molecule has 1 heterocycles. The number of amides is 1. The first kappa shape index (κ1) is 25.5. The highest BCUT2D eigenvalue weighted by atomic mass is 35.5. The SMILES string of the molecule is Cc1ccc(-n2c(SCC(=O)N/N=C/c3ccccc3C(F)(F)F)nnc2-c2ccc(Cl)cc2)cc1. The second kappa shape index (κ2) is 11.0. The predicted octanol–water partition coefficient (Wildman–Crippen LogP) is 6.16. The van der Waals surface area contributed by atoms with Crippen molar-refractivity contribution in [2.45, 2.75) is 18.3 Å². The normalized spacial score (nSPS) is 11.7. The van der Waals surface area contributed by atoms with Crippen molar-refractivity contribution in [1.82, 2.24) is 20.2 Å². The number of rotatable bonds is 7. The fraction of sp³-hybridized carbons (Fsp3) is 0.120. The standard InChI is InChI=1S/C25H19ClF3N5OS/c1-16-6-12-20(13-7-16)34-23(17-8-10-19(26)11-9-17)32-33-24(34)36-15-22(35)31-30-14-18-4-2-3-5-21(18)25(27,28)29/h2-14H,15H2,1H3,(H,31,35)/b30-14+. The van der Waals surface area contributed by atoms with Crippen molar-refractivity contribution in [1.29, 1.82) is 0 Å². The van der Waals surface area contributed by atoms with Gasteiger partial charge < -0.3 is 0 Å². The Morgan fingerprint density at radius 2 is 1.75 bits per heavy atom. The van der Waals surface area contributed by atoms with Crippen LogP contribution in [0.2, 0.25) is 5.02 Å². The molecule has 0 saturated carbocycles. The lowest BCUT2D eigenvalue weighted by Crippen LogP contribution is -2.20. The molecule has 0 fully saturated rings. The van der Waals surface area contributed by atoms with Crippen LogP contribution < -0.4 is 5.43 Å². The number of hydrazone groups is 1. The van der Waals surface area contributed by atoms with Crippen LogP contribution in [-0.4, -0.2) is 32.6 Å². The highest BCUT2D eigenvalue weighted by molar-refractivity contribution is 7.99. The van der Waals surface area contributed by atoms with Gasteiger partial charge in [0, 0.05) is 21.8 Å². The van der Waals surface area contributed by atoms with Crippen molar-refractivity contribution in [3.8, 4) is 17.1 Å². The van der Waals surface area contributed by atoms with Gasteiger partial charge in [-0.1, -0.05) is 59.3 Å². The maximum atomic E-state index is 13.1. The topological polar surface area (TPSA) is 72.2 Å². The van der Waals surface area contributed by atoms with Gasteiger partial charge >= 0.3 is 6.18 Å². The summed E-state index contributed by atoms with van der Waals surface area (Å²) in [6.45, 7) is 1.98. The molecule has 0 saturated heterocycles. The fourth-order valence-corrected chi connectivity index (χ4v) is 4.15. The monoisotopic (exact) mass is 529 g/mol. The molecule has 0 bridgehead atoms. The van der Waals surface area contributed by atoms with Crippen LogP contribution >= 0.6 is 23.4 Å². The van der Waals surface area contributed by atoms with Gasteiger partial charge in [0.05, 0.1) is 17.5 Å². The van der Waals surface area contributed by atoms with Gasteiger partial charge in [0.15, 0.2) is 11.0 Å². The van der Waals surface area contributed by atoms with Crippen LogP contribution in [0.3, 0.4) is 0 Å². The zero-order valence-electron chi connectivity index (χ0n) is 18.8. The van der Waals surface area contributed by atoms with Gasteiger partial charge in [0.2, 0.25) is 0 Å². The van der Waals surface area contributed by atoms with Crippen molar-refractivity contribution in [3.63, 3.8) is 0 Å². The van der Waals surface area contributed by atoms with Gasteiger partial charge in [-0.15, -0.1) is 10.2 Å². The van der Waals surface area contributed by atoms with Crippen LogP contribution in [0.25, 0.3) is 17.1 Å². The lowest BCUT2D eigenvalue weighted by Gasteiger charge is -2.11. The van der Waals surface area contributed by atoms with Gasteiger partial charge in [-0.25, -0.2) is 5.43 Å². The molecule has 184 valence electrons. The van der Waals surface area contributed by atoms with Crippen molar-refractivity contribution < 1.29 is 18.0 Å². The van der Waals surface area contributed by atoms with E-state index in [0.29, 0.717) is 16.0 Å². The molecule has 0 radical (unpaired) electrons. The highest BCUT2D eigenvalue weighted by Crippen LogP contribution is 2.31. The van der Waals surface area contributed by atoms with E-state index < -0.39 is 17.6 Å². The third kappa shape index (κ3) is 6.13. The summed E-state index contributed by atoms with van der Waals surface area (Å²) in [6.07, 6.45) is -3.55. The summed E-state index contributed by atoms with van der Waals surface area (Å²) in [5.41, 5.74) is 3.95. The van der Waals surface area contributed by atoms with Crippen LogP contribution in [0, 0.1) is 6.92 Å². The molecule has 6 nitrogen and oxygen atoms in total. The molecule has 11 heteroatoms. The number of nitrogens with zero attached hydrogens (tertiary/aromatic N) is 4. The molecule has 0 aliphatic carbocycles. The summed E-state index contributed by atoms with van der Waals surface area (Å²) in [5.74, 6) is -0.0180. The fourth-order valence-electron chi connectivity index (χ4n) is 3.28. The number of alkyl halides is 3. The number of carbonyl (C=O) groups is 1. The number of nitrogens with one attached hydrogen (secondary N) is 1. The molecule has 1 amide bonds. The number of aromatic nitrogens is 3. The molecule has 4 rings (SSSR count). The van der Waals surface area contributed by atoms with Crippen LogP contribution in [0.4, 0.5) is 13.2 Å². The van der Waals surface area contributed by atoms with Gasteiger partial charge in [-0.3, -0.25) is 9.36 Å². The molecule has 0 aliphatic heterocycles. The van der Waals surface area contributed by atoms with Crippen molar-refractivity contribution in [3.05, 3.63) is 94.5 Å². The molecular weight excluding hydrogens is 511 g/mol. The summed E-state index contributed by atoms with van der Waals surface area (Å²) in [4.78, 5) is 12.4. The average Bonchev–Trinajstić information content (AvgIpc) is 3.27. The Morgan fingerprint density at radius 1 is 1.06 bits per heavy atom. The summed E-state index contributed by atoms with van der Waals surface area (Å²) >= 11 is 7.14. The van der Waals surface area contributed by atoms with Gasteiger partial charge in [0.1, 0.15) is 0 Å². The number of carbonyl (C=O) groups excluding carboxylic acids is 1. The van der Waals surface area contributed by atoms with E-state index in [9.17, 15) is 18.0 Å². The molecule has 36 heavy (non-hydrogen) atoms. The van der Waals surface area contributed by atoms with E-state index >= 15 is 0 Å². The first-order valence-electron chi connectivity index (χ1n) is 10.6. The molecule has 4 aromatic rings. The number of hydrogen-bond donors (Lipinski definition) is 1.